The molecule has 142 valence electrons. The number of urea groups is 1. The molecule has 8 heteroatoms. The minimum Gasteiger partial charge on any atom is -0.481 e. The molecular weight excluding hydrogens is 336 g/mol. The highest BCUT2D eigenvalue weighted by Crippen LogP contribution is 2.21. The number of nitrogens with one attached hydrogen (secondary N) is 1. The van der Waals surface area contributed by atoms with Crippen LogP contribution in [0.4, 0.5) is 4.79 Å². The molecule has 0 aromatic carbocycles. The fourth-order valence-corrected chi connectivity index (χ4v) is 3.45. The van der Waals surface area contributed by atoms with Crippen LogP contribution in [0.2, 0.25) is 0 Å². The Morgan fingerprint density at radius 2 is 1.69 bits per heavy atom. The molecule has 0 saturated carbocycles. The zero-order chi connectivity index (χ0) is 18.5. The fourth-order valence-electron chi connectivity index (χ4n) is 3.45. The third-order valence-electron chi connectivity index (χ3n) is 4.96. The summed E-state index contributed by atoms with van der Waals surface area (Å²) < 4.78 is 10.2. The number of nitrogens with zero attached hydrogens (tertiary/aromatic N) is 3. The van der Waals surface area contributed by atoms with Crippen molar-refractivity contribution in [2.45, 2.75) is 31.7 Å². The van der Waals surface area contributed by atoms with Gasteiger partial charge in [-0.3, -0.25) is 4.79 Å². The summed E-state index contributed by atoms with van der Waals surface area (Å²) in [6.07, 6.45) is 3.68. The van der Waals surface area contributed by atoms with E-state index in [0.717, 1.165) is 38.8 Å². The first-order valence-corrected chi connectivity index (χ1v) is 9.06. The number of hydrogen-bond donors (Lipinski definition) is 1. The molecule has 0 bridgehead atoms. The van der Waals surface area contributed by atoms with Crippen LogP contribution in [0.1, 0.15) is 36.0 Å². The van der Waals surface area contributed by atoms with E-state index in [4.69, 9.17) is 9.47 Å². The van der Waals surface area contributed by atoms with Gasteiger partial charge in [-0.05, 0) is 31.7 Å². The van der Waals surface area contributed by atoms with Crippen molar-refractivity contribution in [2.75, 3.05) is 40.4 Å². The summed E-state index contributed by atoms with van der Waals surface area (Å²) in [6, 6.07) is 3.45. The van der Waals surface area contributed by atoms with Crippen LogP contribution < -0.4 is 14.8 Å². The quantitative estimate of drug-likeness (QED) is 0.878. The zero-order valence-electron chi connectivity index (χ0n) is 15.4. The number of ether oxygens (including phenoxy) is 2. The molecule has 0 spiro atoms. The minimum absolute atomic E-state index is 0.0388. The van der Waals surface area contributed by atoms with Gasteiger partial charge in [0.25, 0.3) is 5.91 Å². The Hall–Kier alpha value is -2.51. The summed E-state index contributed by atoms with van der Waals surface area (Å²) in [6.45, 7) is 3.05. The molecule has 0 aliphatic carbocycles. The van der Waals surface area contributed by atoms with E-state index < -0.39 is 0 Å². The van der Waals surface area contributed by atoms with E-state index in [9.17, 15) is 9.59 Å². The monoisotopic (exact) mass is 362 g/mol. The number of rotatable bonds is 4. The normalized spacial score (nSPS) is 17.9. The maximum absolute atomic E-state index is 12.6. The predicted molar refractivity (Wildman–Crippen MR) is 95.6 cm³/mol. The summed E-state index contributed by atoms with van der Waals surface area (Å²) in [5, 5.41) is 3.03. The molecule has 2 aliphatic rings. The first-order valence-electron chi connectivity index (χ1n) is 9.06. The van der Waals surface area contributed by atoms with Crippen molar-refractivity contribution >= 4 is 11.9 Å². The van der Waals surface area contributed by atoms with Crippen LogP contribution >= 0.6 is 0 Å². The van der Waals surface area contributed by atoms with Crippen molar-refractivity contribution in [3.8, 4) is 11.8 Å². The molecule has 26 heavy (non-hydrogen) atoms. The molecule has 2 aliphatic heterocycles. The second kappa shape index (κ2) is 8.25. The van der Waals surface area contributed by atoms with Gasteiger partial charge in [-0.15, -0.1) is 0 Å². The Bertz CT molecular complexity index is 653. The highest BCUT2D eigenvalue weighted by atomic mass is 16.5. The lowest BCUT2D eigenvalue weighted by molar-refractivity contribution is 0.0909. The van der Waals surface area contributed by atoms with Crippen molar-refractivity contribution in [1.82, 2.24) is 20.1 Å². The third kappa shape index (κ3) is 4.00. The molecule has 8 nitrogen and oxygen atoms in total. The standard InChI is InChI=1S/C18H26N4O4/c1-25-15-6-5-14(17(20-15)26-2)16(23)19-13-7-11-22(12-8-13)18(24)21-9-3-4-10-21/h5-6,13H,3-4,7-12H2,1-2H3,(H,19,23). The number of likely N-dealkylation sites (tertiary alicyclic amines) is 2. The van der Waals surface area contributed by atoms with E-state index >= 15 is 0 Å². The highest BCUT2D eigenvalue weighted by molar-refractivity contribution is 5.96. The largest absolute Gasteiger partial charge is 0.481 e. The second-order valence-electron chi connectivity index (χ2n) is 6.62. The Morgan fingerprint density at radius 3 is 2.31 bits per heavy atom. The molecule has 3 rings (SSSR count). The number of carbonyl (C=O) groups is 2. The maximum Gasteiger partial charge on any atom is 0.319 e. The average molecular weight is 362 g/mol. The lowest BCUT2D eigenvalue weighted by Gasteiger charge is -2.34. The number of methoxy groups -OCH3 is 2. The van der Waals surface area contributed by atoms with E-state index in [-0.39, 0.29) is 23.9 Å². The topological polar surface area (TPSA) is 84.0 Å². The smallest absolute Gasteiger partial charge is 0.319 e. The Balaban J connectivity index is 1.54. The van der Waals surface area contributed by atoms with Crippen LogP contribution in [0.15, 0.2) is 12.1 Å². The third-order valence-corrected chi connectivity index (χ3v) is 4.96. The van der Waals surface area contributed by atoms with Gasteiger partial charge in [0.05, 0.1) is 14.2 Å². The summed E-state index contributed by atoms with van der Waals surface area (Å²) in [5.41, 5.74) is 0.379. The van der Waals surface area contributed by atoms with Gasteiger partial charge in [0.15, 0.2) is 0 Å². The van der Waals surface area contributed by atoms with Crippen molar-refractivity contribution < 1.29 is 19.1 Å². The lowest BCUT2D eigenvalue weighted by Crippen LogP contribution is -2.50. The fraction of sp³-hybridized carbons (Fsp3) is 0.611. The van der Waals surface area contributed by atoms with E-state index in [0.29, 0.717) is 24.5 Å². The van der Waals surface area contributed by atoms with Gasteiger partial charge in [0, 0.05) is 38.3 Å². The first kappa shape index (κ1) is 18.3. The van der Waals surface area contributed by atoms with Crippen molar-refractivity contribution in [2.24, 2.45) is 0 Å². The number of aromatic nitrogens is 1. The predicted octanol–water partition coefficient (Wildman–Crippen LogP) is 1.51. The average Bonchev–Trinajstić information content (AvgIpc) is 3.22. The molecule has 3 amide bonds. The van der Waals surface area contributed by atoms with Gasteiger partial charge in [0.1, 0.15) is 5.56 Å². The Kier molecular flexibility index (Phi) is 5.80. The second-order valence-corrected chi connectivity index (χ2v) is 6.62. The van der Waals surface area contributed by atoms with Gasteiger partial charge < -0.3 is 24.6 Å². The van der Waals surface area contributed by atoms with Crippen LogP contribution in [-0.2, 0) is 0 Å². The van der Waals surface area contributed by atoms with Crippen LogP contribution in [0.5, 0.6) is 11.8 Å². The number of hydrogen-bond acceptors (Lipinski definition) is 5. The molecule has 1 aromatic rings. The summed E-state index contributed by atoms with van der Waals surface area (Å²) in [5.74, 6) is 0.414. The Labute approximate surface area is 153 Å². The molecule has 0 atom stereocenters. The van der Waals surface area contributed by atoms with E-state index in [2.05, 4.69) is 10.3 Å². The van der Waals surface area contributed by atoms with Gasteiger partial charge in [0.2, 0.25) is 11.8 Å². The maximum atomic E-state index is 12.6. The van der Waals surface area contributed by atoms with Gasteiger partial charge in [-0.1, -0.05) is 0 Å². The molecular formula is C18H26N4O4. The van der Waals surface area contributed by atoms with Crippen molar-refractivity contribution in [1.29, 1.82) is 0 Å². The molecule has 0 unspecified atom stereocenters. The van der Waals surface area contributed by atoms with Crippen LogP contribution in [-0.4, -0.2) is 73.2 Å². The molecule has 2 fully saturated rings. The number of carbonyl (C=O) groups excluding carboxylic acids is 2. The lowest BCUT2D eigenvalue weighted by atomic mass is 10.0. The summed E-state index contributed by atoms with van der Waals surface area (Å²) >= 11 is 0. The van der Waals surface area contributed by atoms with E-state index in [1.807, 2.05) is 9.80 Å². The molecule has 3 heterocycles. The molecule has 0 radical (unpaired) electrons. The highest BCUT2D eigenvalue weighted by Gasteiger charge is 2.28. The SMILES string of the molecule is COc1ccc(C(=O)NC2CCN(C(=O)N3CCCC3)CC2)c(OC)n1. The number of pyridine rings is 1. The van der Waals surface area contributed by atoms with Gasteiger partial charge in [-0.2, -0.15) is 4.98 Å². The van der Waals surface area contributed by atoms with Crippen LogP contribution in [0.25, 0.3) is 0 Å². The summed E-state index contributed by atoms with van der Waals surface area (Å²) in [7, 11) is 2.99. The number of piperidine rings is 1. The zero-order valence-corrected chi connectivity index (χ0v) is 15.4. The van der Waals surface area contributed by atoms with Crippen LogP contribution in [0, 0.1) is 0 Å². The van der Waals surface area contributed by atoms with Gasteiger partial charge in [-0.25, -0.2) is 4.79 Å². The summed E-state index contributed by atoms with van der Waals surface area (Å²) in [4.78, 5) is 32.9. The molecule has 1 aromatic heterocycles. The van der Waals surface area contributed by atoms with Crippen molar-refractivity contribution in [3.05, 3.63) is 17.7 Å². The molecule has 1 N–H and O–H groups in total. The van der Waals surface area contributed by atoms with E-state index in [1.165, 1.54) is 14.2 Å². The molecule has 2 saturated heterocycles. The first-order chi connectivity index (χ1) is 12.6. The van der Waals surface area contributed by atoms with Gasteiger partial charge >= 0.3 is 6.03 Å². The minimum atomic E-state index is -0.221. The number of amides is 3. The van der Waals surface area contributed by atoms with Crippen molar-refractivity contribution in [3.63, 3.8) is 0 Å². The Morgan fingerprint density at radius 1 is 1.04 bits per heavy atom. The van der Waals surface area contributed by atoms with E-state index in [1.54, 1.807) is 12.1 Å². The van der Waals surface area contributed by atoms with Crippen LogP contribution in [0.3, 0.4) is 0 Å².